The Morgan fingerprint density at radius 3 is 2.19 bits per heavy atom. The van der Waals surface area contributed by atoms with Crippen molar-refractivity contribution >= 4 is 12.0 Å². The first-order valence-electron chi connectivity index (χ1n) is 10.6. The van der Waals surface area contributed by atoms with Gasteiger partial charge in [0.2, 0.25) is 0 Å². The third kappa shape index (κ3) is 7.60. The van der Waals surface area contributed by atoms with E-state index < -0.39 is 12.1 Å². The minimum absolute atomic E-state index is 0.328. The molecule has 166 valence electrons. The smallest absolute Gasteiger partial charge is 0.333 e. The maximum atomic E-state index is 11.2. The van der Waals surface area contributed by atoms with Crippen LogP contribution in [0.25, 0.3) is 6.08 Å². The Morgan fingerprint density at radius 2 is 1.53 bits per heavy atom. The van der Waals surface area contributed by atoms with E-state index in [1.54, 1.807) is 6.92 Å². The molecule has 0 radical (unpaired) electrons. The van der Waals surface area contributed by atoms with E-state index in [9.17, 15) is 9.90 Å². The Morgan fingerprint density at radius 1 is 0.875 bits per heavy atom. The van der Waals surface area contributed by atoms with Gasteiger partial charge in [-0.2, -0.15) is 0 Å². The summed E-state index contributed by atoms with van der Waals surface area (Å²) in [6, 6.07) is 25.4. The molecule has 0 amide bonds. The van der Waals surface area contributed by atoms with Gasteiger partial charge in [0.25, 0.3) is 0 Å². The highest BCUT2D eigenvalue weighted by molar-refractivity contribution is 5.72. The molecule has 0 spiro atoms. The Kier molecular flexibility index (Phi) is 8.90. The topological polar surface area (TPSA) is 65.0 Å². The standard InChI is InChI=1S/C27H28O5/c1-2-30-26(27(28)29)19-22-12-16-24(17-13-22)31-18-6-9-21-10-14-25(15-11-21)32-20-23-7-4-3-5-8-23/h3-17,26H,2,18-20H2,1H3,(H,28,29)/b9-6+. The van der Waals surface area contributed by atoms with Crippen LogP contribution in [0, 0.1) is 0 Å². The fourth-order valence-corrected chi connectivity index (χ4v) is 3.10. The van der Waals surface area contributed by atoms with Crippen LogP contribution in [-0.4, -0.2) is 30.4 Å². The average molecular weight is 433 g/mol. The van der Waals surface area contributed by atoms with Gasteiger partial charge in [0.05, 0.1) is 0 Å². The Hall–Kier alpha value is -3.57. The van der Waals surface area contributed by atoms with Crippen LogP contribution < -0.4 is 9.47 Å². The molecule has 0 saturated carbocycles. The maximum Gasteiger partial charge on any atom is 0.333 e. The molecule has 3 aromatic rings. The van der Waals surface area contributed by atoms with E-state index >= 15 is 0 Å². The van der Waals surface area contributed by atoms with Crippen molar-refractivity contribution in [1.29, 1.82) is 0 Å². The number of aliphatic carboxylic acids is 1. The predicted octanol–water partition coefficient (Wildman–Crippen LogP) is 5.39. The normalized spacial score (nSPS) is 11.9. The zero-order valence-corrected chi connectivity index (χ0v) is 18.1. The Balaban J connectivity index is 1.42. The molecule has 1 N–H and O–H groups in total. The summed E-state index contributed by atoms with van der Waals surface area (Å²) in [5.41, 5.74) is 3.09. The van der Waals surface area contributed by atoms with Crippen molar-refractivity contribution in [2.24, 2.45) is 0 Å². The van der Waals surface area contributed by atoms with Crippen LogP contribution in [0.5, 0.6) is 11.5 Å². The molecule has 0 aliphatic carbocycles. The van der Waals surface area contributed by atoms with E-state index in [2.05, 4.69) is 0 Å². The van der Waals surface area contributed by atoms with E-state index in [1.165, 1.54) is 0 Å². The summed E-state index contributed by atoms with van der Waals surface area (Å²) in [6.45, 7) is 3.13. The van der Waals surface area contributed by atoms with E-state index in [-0.39, 0.29) is 0 Å². The van der Waals surface area contributed by atoms with Crippen molar-refractivity contribution in [3.05, 3.63) is 102 Å². The van der Waals surface area contributed by atoms with Crippen molar-refractivity contribution < 1.29 is 24.1 Å². The second kappa shape index (κ2) is 12.3. The third-order valence-corrected chi connectivity index (χ3v) is 4.77. The van der Waals surface area contributed by atoms with Crippen LogP contribution in [0.15, 0.2) is 84.9 Å². The van der Waals surface area contributed by atoms with Crippen LogP contribution in [0.4, 0.5) is 0 Å². The molecule has 5 nitrogen and oxygen atoms in total. The molecule has 3 aromatic carbocycles. The van der Waals surface area contributed by atoms with Crippen LogP contribution >= 0.6 is 0 Å². The van der Waals surface area contributed by atoms with Crippen LogP contribution in [-0.2, 0) is 22.6 Å². The molecule has 1 unspecified atom stereocenters. The summed E-state index contributed by atoms with van der Waals surface area (Å²) in [5, 5.41) is 9.18. The molecule has 0 aromatic heterocycles. The highest BCUT2D eigenvalue weighted by Gasteiger charge is 2.17. The summed E-state index contributed by atoms with van der Waals surface area (Å²) >= 11 is 0. The first-order valence-corrected chi connectivity index (χ1v) is 10.6. The number of carbonyl (C=O) groups is 1. The quantitative estimate of drug-likeness (QED) is 0.416. The SMILES string of the molecule is CCOC(Cc1ccc(OC/C=C/c2ccc(OCc3ccccc3)cc2)cc1)C(=O)O. The highest BCUT2D eigenvalue weighted by atomic mass is 16.5. The number of rotatable bonds is 12. The van der Waals surface area contributed by atoms with Crippen LogP contribution in [0.3, 0.4) is 0 Å². The van der Waals surface area contributed by atoms with Crippen molar-refractivity contribution in [2.45, 2.75) is 26.1 Å². The van der Waals surface area contributed by atoms with Gasteiger partial charge in [0, 0.05) is 13.0 Å². The number of benzene rings is 3. The Labute approximate surface area is 188 Å². The highest BCUT2D eigenvalue weighted by Crippen LogP contribution is 2.16. The first-order chi connectivity index (χ1) is 15.6. The second-order valence-corrected chi connectivity index (χ2v) is 7.19. The molecule has 5 heteroatoms. The minimum Gasteiger partial charge on any atom is -0.490 e. The maximum absolute atomic E-state index is 11.2. The van der Waals surface area contributed by atoms with Crippen LogP contribution in [0.1, 0.15) is 23.6 Å². The fraction of sp³-hybridized carbons (Fsp3) is 0.222. The van der Waals surface area contributed by atoms with Gasteiger partial charge in [0.1, 0.15) is 24.7 Å². The largest absolute Gasteiger partial charge is 0.490 e. The van der Waals surface area contributed by atoms with Crippen LogP contribution in [0.2, 0.25) is 0 Å². The molecule has 0 heterocycles. The average Bonchev–Trinajstić information content (AvgIpc) is 2.82. The van der Waals surface area contributed by atoms with E-state index in [0.29, 0.717) is 26.2 Å². The van der Waals surface area contributed by atoms with Gasteiger partial charge < -0.3 is 19.3 Å². The lowest BCUT2D eigenvalue weighted by Gasteiger charge is -2.12. The number of carboxylic acid groups (broad SMARTS) is 1. The van der Waals surface area contributed by atoms with Gasteiger partial charge in [-0.25, -0.2) is 4.79 Å². The second-order valence-electron chi connectivity index (χ2n) is 7.19. The van der Waals surface area contributed by atoms with Crippen molar-refractivity contribution in [3.8, 4) is 11.5 Å². The number of hydrogen-bond donors (Lipinski definition) is 1. The number of carboxylic acids is 1. The van der Waals surface area contributed by atoms with Gasteiger partial charge in [-0.15, -0.1) is 0 Å². The summed E-state index contributed by atoms with van der Waals surface area (Å²) in [7, 11) is 0. The van der Waals surface area contributed by atoms with Gasteiger partial charge in [0.15, 0.2) is 6.10 Å². The zero-order valence-electron chi connectivity index (χ0n) is 18.1. The molecule has 1 atom stereocenters. The third-order valence-electron chi connectivity index (χ3n) is 4.77. The lowest BCUT2D eigenvalue weighted by atomic mass is 10.1. The van der Waals surface area contributed by atoms with Crippen molar-refractivity contribution in [2.75, 3.05) is 13.2 Å². The number of ether oxygens (including phenoxy) is 3. The molecule has 0 aliphatic heterocycles. The molecular weight excluding hydrogens is 404 g/mol. The fourth-order valence-electron chi connectivity index (χ4n) is 3.10. The molecule has 0 aliphatic rings. The zero-order chi connectivity index (χ0) is 22.6. The van der Waals surface area contributed by atoms with Gasteiger partial charge in [-0.3, -0.25) is 0 Å². The summed E-state index contributed by atoms with van der Waals surface area (Å²) in [6.07, 6.45) is 3.44. The summed E-state index contributed by atoms with van der Waals surface area (Å²) in [4.78, 5) is 11.2. The van der Waals surface area contributed by atoms with E-state index in [4.69, 9.17) is 14.2 Å². The minimum atomic E-state index is -0.951. The molecule has 32 heavy (non-hydrogen) atoms. The first kappa shape index (κ1) is 23.1. The van der Waals surface area contributed by atoms with E-state index in [1.807, 2.05) is 91.0 Å². The lowest BCUT2D eigenvalue weighted by Crippen LogP contribution is -2.26. The van der Waals surface area contributed by atoms with E-state index in [0.717, 1.165) is 28.2 Å². The van der Waals surface area contributed by atoms with Gasteiger partial charge in [-0.1, -0.05) is 60.7 Å². The molecule has 0 bridgehead atoms. The molecule has 3 rings (SSSR count). The molecule has 0 fully saturated rings. The van der Waals surface area contributed by atoms with Crippen molar-refractivity contribution in [3.63, 3.8) is 0 Å². The summed E-state index contributed by atoms with van der Waals surface area (Å²) < 4.78 is 16.8. The van der Waals surface area contributed by atoms with Gasteiger partial charge in [-0.05, 0) is 54.0 Å². The number of hydrogen-bond acceptors (Lipinski definition) is 4. The summed E-state index contributed by atoms with van der Waals surface area (Å²) in [5.74, 6) is 0.608. The van der Waals surface area contributed by atoms with Gasteiger partial charge >= 0.3 is 5.97 Å². The van der Waals surface area contributed by atoms with Crippen molar-refractivity contribution in [1.82, 2.24) is 0 Å². The predicted molar refractivity (Wildman–Crippen MR) is 125 cm³/mol. The molecular formula is C27H28O5. The monoisotopic (exact) mass is 432 g/mol. The lowest BCUT2D eigenvalue weighted by molar-refractivity contribution is -0.149. The molecule has 0 saturated heterocycles. The Bertz CT molecular complexity index is 979.